The average Bonchev–Trinajstić information content (AvgIpc) is 2.53. The fraction of sp³-hybridized carbons (Fsp3) is 0.158. The van der Waals surface area contributed by atoms with Gasteiger partial charge in [0.25, 0.3) is 0 Å². The second kappa shape index (κ2) is 5.98. The first-order valence-electron chi connectivity index (χ1n) is 7.37. The molecule has 22 heavy (non-hydrogen) atoms. The van der Waals surface area contributed by atoms with Gasteiger partial charge in [-0.25, -0.2) is 9.13 Å². The molecule has 0 unspecified atom stereocenters. The number of allylic oxidation sites excluding steroid dienone is 3. The van der Waals surface area contributed by atoms with Crippen LogP contribution in [-0.4, -0.2) is 11.9 Å². The van der Waals surface area contributed by atoms with Crippen LogP contribution in [0.2, 0.25) is 0 Å². The van der Waals surface area contributed by atoms with E-state index in [9.17, 15) is 0 Å². The molecule has 0 spiro atoms. The van der Waals surface area contributed by atoms with Crippen molar-refractivity contribution in [2.24, 2.45) is 14.1 Å². The highest BCUT2D eigenvalue weighted by molar-refractivity contribution is 5.84. The van der Waals surface area contributed by atoms with E-state index in [0.29, 0.717) is 0 Å². The maximum Gasteiger partial charge on any atom is 0.169 e. The Labute approximate surface area is 131 Å². The number of pyridine rings is 2. The Hall–Kier alpha value is -2.68. The van der Waals surface area contributed by atoms with E-state index in [1.165, 1.54) is 22.3 Å². The summed E-state index contributed by atoms with van der Waals surface area (Å²) in [6, 6.07) is 8.65. The van der Waals surface area contributed by atoms with Crippen LogP contribution in [0.1, 0.15) is 11.1 Å². The molecular weight excluding hydrogens is 270 g/mol. The number of aryl methyl sites for hydroxylation is 2. The van der Waals surface area contributed by atoms with Crippen molar-refractivity contribution >= 4 is 5.57 Å². The lowest BCUT2D eigenvalue weighted by atomic mass is 9.93. The Morgan fingerprint density at radius 2 is 1.18 bits per heavy atom. The quantitative estimate of drug-likeness (QED) is 0.771. The Morgan fingerprint density at radius 1 is 0.773 bits per heavy atom. The van der Waals surface area contributed by atoms with E-state index in [0.717, 1.165) is 0 Å². The molecule has 1 aliphatic rings. The normalized spacial score (nSPS) is 13.6. The fourth-order valence-corrected chi connectivity index (χ4v) is 2.50. The van der Waals surface area contributed by atoms with E-state index < -0.39 is 0 Å². The molecule has 0 saturated heterocycles. The second-order valence-electron chi connectivity index (χ2n) is 5.63. The van der Waals surface area contributed by atoms with E-state index in [-0.39, 0.29) is 0 Å². The summed E-state index contributed by atoms with van der Waals surface area (Å²) in [5.74, 6) is 0. The average molecular weight is 291 g/mol. The molecule has 0 bridgehead atoms. The minimum Gasteiger partial charge on any atom is -0.357 e. The Morgan fingerprint density at radius 3 is 1.59 bits per heavy atom. The van der Waals surface area contributed by atoms with E-state index in [2.05, 4.69) is 87.6 Å². The minimum absolute atomic E-state index is 1.22. The molecule has 110 valence electrons. The highest BCUT2D eigenvalue weighted by atomic mass is 15.0. The Kier molecular flexibility index (Phi) is 3.88. The van der Waals surface area contributed by atoms with Crippen LogP contribution in [0.5, 0.6) is 0 Å². The van der Waals surface area contributed by atoms with Crippen molar-refractivity contribution in [3.63, 3.8) is 0 Å². The molecule has 0 radical (unpaired) electrons. The van der Waals surface area contributed by atoms with Crippen molar-refractivity contribution in [2.75, 3.05) is 7.05 Å². The molecule has 0 aromatic carbocycles. The largest absolute Gasteiger partial charge is 0.357 e. The lowest BCUT2D eigenvalue weighted by molar-refractivity contribution is -0.671. The van der Waals surface area contributed by atoms with E-state index in [4.69, 9.17) is 0 Å². The van der Waals surface area contributed by atoms with Gasteiger partial charge in [0, 0.05) is 43.7 Å². The van der Waals surface area contributed by atoms with Crippen LogP contribution in [0.4, 0.5) is 0 Å². The molecule has 2 aromatic heterocycles. The van der Waals surface area contributed by atoms with Crippen molar-refractivity contribution in [3.05, 3.63) is 90.3 Å². The maximum absolute atomic E-state index is 2.16. The van der Waals surface area contributed by atoms with E-state index >= 15 is 0 Å². The second-order valence-corrected chi connectivity index (χ2v) is 5.63. The third kappa shape index (κ3) is 2.98. The summed E-state index contributed by atoms with van der Waals surface area (Å²) in [4.78, 5) is 2.05. The number of hydrogen-bond donors (Lipinski definition) is 0. The van der Waals surface area contributed by atoms with Gasteiger partial charge in [-0.3, -0.25) is 0 Å². The summed E-state index contributed by atoms with van der Waals surface area (Å²) in [5, 5.41) is 0. The molecule has 2 aromatic rings. The SMILES string of the molecule is CN1C=CC(=C(c2cc[n+](C)cc2)c2cc[n+](C)cc2)C=C1. The third-order valence-corrected chi connectivity index (χ3v) is 3.80. The van der Waals surface area contributed by atoms with Gasteiger partial charge < -0.3 is 4.90 Å². The van der Waals surface area contributed by atoms with Crippen LogP contribution in [0.25, 0.3) is 5.57 Å². The summed E-state index contributed by atoms with van der Waals surface area (Å²) < 4.78 is 4.11. The first kappa shape index (κ1) is 14.3. The summed E-state index contributed by atoms with van der Waals surface area (Å²) in [6.45, 7) is 0. The zero-order valence-corrected chi connectivity index (χ0v) is 13.3. The molecule has 3 nitrogen and oxygen atoms in total. The van der Waals surface area contributed by atoms with E-state index in [1.54, 1.807) is 0 Å². The lowest BCUT2D eigenvalue weighted by Gasteiger charge is -2.16. The van der Waals surface area contributed by atoms with Gasteiger partial charge in [0.2, 0.25) is 0 Å². The van der Waals surface area contributed by atoms with Crippen LogP contribution in [0.15, 0.2) is 79.2 Å². The van der Waals surface area contributed by atoms with Crippen LogP contribution in [0.3, 0.4) is 0 Å². The molecular formula is C19H21N3+2. The molecule has 1 aliphatic heterocycles. The van der Waals surface area contributed by atoms with Gasteiger partial charge in [0.05, 0.1) is 0 Å². The van der Waals surface area contributed by atoms with Gasteiger partial charge in [0.15, 0.2) is 24.8 Å². The summed E-state index contributed by atoms with van der Waals surface area (Å²) in [6.07, 6.45) is 16.8. The number of rotatable bonds is 2. The van der Waals surface area contributed by atoms with Gasteiger partial charge in [-0.05, 0) is 34.4 Å². The lowest BCUT2D eigenvalue weighted by Crippen LogP contribution is -2.26. The molecule has 3 rings (SSSR count). The van der Waals surface area contributed by atoms with Gasteiger partial charge in [-0.1, -0.05) is 0 Å². The van der Waals surface area contributed by atoms with Crippen molar-refractivity contribution in [3.8, 4) is 0 Å². The van der Waals surface area contributed by atoms with Crippen LogP contribution >= 0.6 is 0 Å². The van der Waals surface area contributed by atoms with Gasteiger partial charge in [-0.15, -0.1) is 0 Å². The van der Waals surface area contributed by atoms with Crippen LogP contribution < -0.4 is 9.13 Å². The van der Waals surface area contributed by atoms with E-state index in [1.807, 2.05) is 21.1 Å². The monoisotopic (exact) mass is 291 g/mol. The first-order chi connectivity index (χ1) is 10.6. The van der Waals surface area contributed by atoms with Gasteiger partial charge >= 0.3 is 0 Å². The van der Waals surface area contributed by atoms with Crippen LogP contribution in [0, 0.1) is 0 Å². The van der Waals surface area contributed by atoms with Crippen molar-refractivity contribution in [2.45, 2.75) is 0 Å². The van der Waals surface area contributed by atoms with Crippen LogP contribution in [-0.2, 0) is 14.1 Å². The molecule has 0 amide bonds. The summed E-state index contributed by atoms with van der Waals surface area (Å²) in [5.41, 5.74) is 4.92. The highest BCUT2D eigenvalue weighted by Gasteiger charge is 2.13. The molecule has 0 atom stereocenters. The minimum atomic E-state index is 1.22. The number of aromatic nitrogens is 2. The maximum atomic E-state index is 2.16. The topological polar surface area (TPSA) is 11.0 Å². The smallest absolute Gasteiger partial charge is 0.169 e. The summed E-state index contributed by atoms with van der Waals surface area (Å²) >= 11 is 0. The summed E-state index contributed by atoms with van der Waals surface area (Å²) in [7, 11) is 6.11. The molecule has 3 heterocycles. The first-order valence-corrected chi connectivity index (χ1v) is 7.37. The molecule has 0 saturated carbocycles. The Bertz CT molecular complexity index is 687. The fourth-order valence-electron chi connectivity index (χ4n) is 2.50. The molecule has 0 fully saturated rings. The predicted molar refractivity (Wildman–Crippen MR) is 87.3 cm³/mol. The highest BCUT2D eigenvalue weighted by Crippen LogP contribution is 2.28. The van der Waals surface area contributed by atoms with Gasteiger partial charge in [-0.2, -0.15) is 0 Å². The zero-order chi connectivity index (χ0) is 15.5. The van der Waals surface area contributed by atoms with Crippen molar-refractivity contribution in [1.82, 2.24) is 4.90 Å². The molecule has 3 heteroatoms. The number of nitrogens with zero attached hydrogens (tertiary/aromatic N) is 3. The zero-order valence-electron chi connectivity index (χ0n) is 13.3. The number of hydrogen-bond acceptors (Lipinski definition) is 1. The van der Waals surface area contributed by atoms with Gasteiger partial charge in [0.1, 0.15) is 14.1 Å². The third-order valence-electron chi connectivity index (χ3n) is 3.80. The molecule has 0 aliphatic carbocycles. The standard InChI is InChI=1S/C19H21N3/c1-20-10-4-16(5-11-20)19(17-6-12-21(2)13-7-17)18-8-14-22(3)15-9-18/h4-15H,1-3H3/q+2. The predicted octanol–water partition coefficient (Wildman–Crippen LogP) is 2.11. The van der Waals surface area contributed by atoms with Crippen molar-refractivity contribution < 1.29 is 9.13 Å². The van der Waals surface area contributed by atoms with Crippen molar-refractivity contribution in [1.29, 1.82) is 0 Å². The Balaban J connectivity index is 2.16. The molecule has 0 N–H and O–H groups in total.